The van der Waals surface area contributed by atoms with Crippen LogP contribution in [0.2, 0.25) is 0 Å². The lowest BCUT2D eigenvalue weighted by Crippen LogP contribution is -2.45. The summed E-state index contributed by atoms with van der Waals surface area (Å²) in [7, 11) is 0. The highest BCUT2D eigenvalue weighted by atomic mass is 16.4. The van der Waals surface area contributed by atoms with Gasteiger partial charge in [-0.25, -0.2) is 4.79 Å². The van der Waals surface area contributed by atoms with Gasteiger partial charge in [0.25, 0.3) is 0 Å². The number of nitrogens with one attached hydrogen (secondary N) is 2. The van der Waals surface area contributed by atoms with Crippen LogP contribution in [0, 0.1) is 11.8 Å². The maximum atomic E-state index is 11.6. The maximum Gasteiger partial charge on any atom is 0.315 e. The van der Waals surface area contributed by atoms with E-state index in [1.807, 2.05) is 6.92 Å². The van der Waals surface area contributed by atoms with Crippen molar-refractivity contribution in [2.45, 2.75) is 51.1 Å². The molecule has 2 saturated carbocycles. The molecule has 17 heavy (non-hydrogen) atoms. The smallest absolute Gasteiger partial charge is 0.315 e. The zero-order valence-electron chi connectivity index (χ0n) is 10.1. The van der Waals surface area contributed by atoms with Crippen molar-refractivity contribution in [3.05, 3.63) is 0 Å². The topological polar surface area (TPSA) is 78.4 Å². The molecule has 2 amide bonds. The summed E-state index contributed by atoms with van der Waals surface area (Å²) in [5, 5.41) is 14.6. The van der Waals surface area contributed by atoms with Gasteiger partial charge in [0.1, 0.15) is 0 Å². The molecule has 2 fully saturated rings. The van der Waals surface area contributed by atoms with Crippen LogP contribution in [0.15, 0.2) is 0 Å². The molecule has 0 aromatic carbocycles. The average molecular weight is 240 g/mol. The Bertz CT molecular complexity index is 315. The minimum atomic E-state index is -0.749. The molecule has 96 valence electrons. The molecule has 0 aromatic heterocycles. The van der Waals surface area contributed by atoms with Gasteiger partial charge in [-0.05, 0) is 44.9 Å². The maximum absolute atomic E-state index is 11.6. The fraction of sp³-hybridized carbons (Fsp3) is 0.833. The van der Waals surface area contributed by atoms with Crippen molar-refractivity contribution in [3.63, 3.8) is 0 Å². The second kappa shape index (κ2) is 4.94. The minimum Gasteiger partial charge on any atom is -0.481 e. The highest BCUT2D eigenvalue weighted by Gasteiger charge is 2.32. The van der Waals surface area contributed by atoms with Gasteiger partial charge in [0.15, 0.2) is 0 Å². The van der Waals surface area contributed by atoms with E-state index in [1.54, 1.807) is 0 Å². The SMILES string of the molecule is CC(NC(=O)NC1CCC(C(=O)O)C1)C1CC1. The Labute approximate surface area is 101 Å². The van der Waals surface area contributed by atoms with E-state index in [0.29, 0.717) is 18.8 Å². The fourth-order valence-electron chi connectivity index (χ4n) is 2.48. The van der Waals surface area contributed by atoms with Gasteiger partial charge >= 0.3 is 12.0 Å². The molecule has 5 heteroatoms. The van der Waals surface area contributed by atoms with E-state index < -0.39 is 5.97 Å². The lowest BCUT2D eigenvalue weighted by molar-refractivity contribution is -0.141. The van der Waals surface area contributed by atoms with Crippen molar-refractivity contribution in [2.75, 3.05) is 0 Å². The third-order valence-corrected chi connectivity index (χ3v) is 3.80. The van der Waals surface area contributed by atoms with Gasteiger partial charge in [-0.1, -0.05) is 0 Å². The summed E-state index contributed by atoms with van der Waals surface area (Å²) in [4.78, 5) is 22.4. The first-order chi connectivity index (χ1) is 8.06. The molecule has 5 nitrogen and oxygen atoms in total. The molecule has 3 N–H and O–H groups in total. The van der Waals surface area contributed by atoms with E-state index in [9.17, 15) is 9.59 Å². The van der Waals surface area contributed by atoms with E-state index >= 15 is 0 Å². The minimum absolute atomic E-state index is 0.0162. The zero-order chi connectivity index (χ0) is 12.4. The summed E-state index contributed by atoms with van der Waals surface area (Å²) < 4.78 is 0. The number of carbonyl (C=O) groups excluding carboxylic acids is 1. The molecule has 2 aliphatic rings. The number of carboxylic acids is 1. The number of carbonyl (C=O) groups is 2. The normalized spacial score (nSPS) is 29.7. The van der Waals surface area contributed by atoms with Crippen molar-refractivity contribution in [2.24, 2.45) is 11.8 Å². The van der Waals surface area contributed by atoms with E-state index in [1.165, 1.54) is 12.8 Å². The van der Waals surface area contributed by atoms with Crippen molar-refractivity contribution < 1.29 is 14.7 Å². The molecule has 3 atom stereocenters. The van der Waals surface area contributed by atoms with Crippen LogP contribution in [0.1, 0.15) is 39.0 Å². The lowest BCUT2D eigenvalue weighted by Gasteiger charge is -2.17. The summed E-state index contributed by atoms with van der Waals surface area (Å²) in [5.41, 5.74) is 0. The Morgan fingerprint density at radius 2 is 1.94 bits per heavy atom. The van der Waals surface area contributed by atoms with Gasteiger partial charge in [-0.15, -0.1) is 0 Å². The standard InChI is InChI=1S/C12H20N2O3/c1-7(8-2-3-8)13-12(17)14-10-5-4-9(6-10)11(15)16/h7-10H,2-6H2,1H3,(H,15,16)(H2,13,14,17). The van der Waals surface area contributed by atoms with Gasteiger partial charge in [0.2, 0.25) is 0 Å². The summed E-state index contributed by atoms with van der Waals surface area (Å²) in [6.07, 6.45) is 4.39. The second-order valence-electron chi connectivity index (χ2n) is 5.29. The Morgan fingerprint density at radius 3 is 2.47 bits per heavy atom. The van der Waals surface area contributed by atoms with Crippen LogP contribution in [0.5, 0.6) is 0 Å². The molecule has 0 heterocycles. The molecular weight excluding hydrogens is 220 g/mol. The van der Waals surface area contributed by atoms with E-state index in [-0.39, 0.29) is 24.0 Å². The van der Waals surface area contributed by atoms with Gasteiger partial charge in [-0.2, -0.15) is 0 Å². The molecular formula is C12H20N2O3. The van der Waals surface area contributed by atoms with E-state index in [4.69, 9.17) is 5.11 Å². The number of amides is 2. The molecule has 0 aliphatic heterocycles. The number of hydrogen-bond acceptors (Lipinski definition) is 2. The van der Waals surface area contributed by atoms with Gasteiger partial charge in [0.05, 0.1) is 5.92 Å². The predicted octanol–water partition coefficient (Wildman–Crippen LogP) is 1.34. The average Bonchev–Trinajstić information content (AvgIpc) is 2.99. The van der Waals surface area contributed by atoms with Crippen molar-refractivity contribution in [1.82, 2.24) is 10.6 Å². The van der Waals surface area contributed by atoms with E-state index in [0.717, 1.165) is 6.42 Å². The number of hydrogen-bond donors (Lipinski definition) is 3. The Balaban J connectivity index is 1.70. The molecule has 2 aliphatic carbocycles. The molecule has 0 saturated heterocycles. The summed E-state index contributed by atoms with van der Waals surface area (Å²) in [6, 6.07) is 0.0922. The number of aliphatic carboxylic acids is 1. The van der Waals surface area contributed by atoms with Gasteiger partial charge < -0.3 is 15.7 Å². The zero-order valence-corrected chi connectivity index (χ0v) is 10.1. The highest BCUT2D eigenvalue weighted by Crippen LogP contribution is 2.32. The molecule has 0 spiro atoms. The number of carboxylic acid groups (broad SMARTS) is 1. The predicted molar refractivity (Wildman–Crippen MR) is 62.6 cm³/mol. The first-order valence-corrected chi connectivity index (χ1v) is 6.36. The molecule has 0 aromatic rings. The third-order valence-electron chi connectivity index (χ3n) is 3.80. The summed E-state index contributed by atoms with van der Waals surface area (Å²) >= 11 is 0. The van der Waals surface area contributed by atoms with Crippen LogP contribution in [0.3, 0.4) is 0 Å². The van der Waals surface area contributed by atoms with Crippen LogP contribution >= 0.6 is 0 Å². The fourth-order valence-corrected chi connectivity index (χ4v) is 2.48. The quantitative estimate of drug-likeness (QED) is 0.693. The van der Waals surface area contributed by atoms with Crippen LogP contribution in [-0.4, -0.2) is 29.2 Å². The largest absolute Gasteiger partial charge is 0.481 e. The lowest BCUT2D eigenvalue weighted by atomic mass is 10.1. The van der Waals surface area contributed by atoms with Gasteiger partial charge in [0, 0.05) is 12.1 Å². The first kappa shape index (κ1) is 12.2. The molecule has 0 radical (unpaired) electrons. The molecule has 2 rings (SSSR count). The van der Waals surface area contributed by atoms with Crippen LogP contribution in [-0.2, 0) is 4.79 Å². The summed E-state index contributed by atoms with van der Waals surface area (Å²) in [5.74, 6) is -0.404. The monoisotopic (exact) mass is 240 g/mol. The van der Waals surface area contributed by atoms with Crippen molar-refractivity contribution in [3.8, 4) is 0 Å². The highest BCUT2D eigenvalue weighted by molar-refractivity contribution is 5.75. The van der Waals surface area contributed by atoms with Crippen LogP contribution in [0.4, 0.5) is 4.79 Å². The van der Waals surface area contributed by atoms with Crippen LogP contribution in [0.25, 0.3) is 0 Å². The summed E-state index contributed by atoms with van der Waals surface area (Å²) in [6.45, 7) is 2.02. The van der Waals surface area contributed by atoms with Gasteiger partial charge in [-0.3, -0.25) is 4.79 Å². The third kappa shape index (κ3) is 3.35. The second-order valence-corrected chi connectivity index (χ2v) is 5.29. The Kier molecular flexibility index (Phi) is 3.54. The van der Waals surface area contributed by atoms with Crippen LogP contribution < -0.4 is 10.6 Å². The Morgan fingerprint density at radius 1 is 1.24 bits per heavy atom. The molecule has 3 unspecified atom stereocenters. The number of rotatable bonds is 4. The van der Waals surface area contributed by atoms with E-state index in [2.05, 4.69) is 10.6 Å². The number of urea groups is 1. The van der Waals surface area contributed by atoms with Crippen molar-refractivity contribution >= 4 is 12.0 Å². The van der Waals surface area contributed by atoms with Crippen molar-refractivity contribution in [1.29, 1.82) is 0 Å². The molecule has 0 bridgehead atoms. The first-order valence-electron chi connectivity index (χ1n) is 6.36. The Hall–Kier alpha value is -1.26.